The van der Waals surface area contributed by atoms with E-state index >= 15 is 0 Å². The summed E-state index contributed by atoms with van der Waals surface area (Å²) in [6.45, 7) is 0.420. The van der Waals surface area contributed by atoms with Crippen molar-refractivity contribution in [2.75, 3.05) is 26.0 Å². The molecule has 1 amide bonds. The number of hydrogen-bond acceptors (Lipinski definition) is 4. The third-order valence-electron chi connectivity index (χ3n) is 4.06. The first-order valence-electron chi connectivity index (χ1n) is 7.95. The molecule has 3 aromatic rings. The molecule has 0 atom stereocenters. The normalized spacial score (nSPS) is 10.7. The monoisotopic (exact) mass is 336 g/mol. The van der Waals surface area contributed by atoms with E-state index in [0.29, 0.717) is 12.2 Å². The molecule has 0 fully saturated rings. The van der Waals surface area contributed by atoms with Gasteiger partial charge >= 0.3 is 0 Å². The average molecular weight is 336 g/mol. The quantitative estimate of drug-likeness (QED) is 0.731. The molecule has 0 bridgehead atoms. The molecular formula is C19H20N4O2. The molecule has 0 saturated carbocycles. The molecule has 6 nitrogen and oxygen atoms in total. The Labute approximate surface area is 146 Å². The Hall–Kier alpha value is -3.15. The minimum absolute atomic E-state index is 0.0658. The Morgan fingerprint density at radius 2 is 1.80 bits per heavy atom. The largest absolute Gasteiger partial charge is 0.378 e. The van der Waals surface area contributed by atoms with E-state index < -0.39 is 0 Å². The van der Waals surface area contributed by atoms with E-state index in [1.807, 2.05) is 43.3 Å². The van der Waals surface area contributed by atoms with Crippen molar-refractivity contribution in [2.24, 2.45) is 0 Å². The van der Waals surface area contributed by atoms with E-state index in [2.05, 4.69) is 4.98 Å². The van der Waals surface area contributed by atoms with Crippen molar-refractivity contribution >= 4 is 17.2 Å². The van der Waals surface area contributed by atoms with Gasteiger partial charge in [0.2, 0.25) is 0 Å². The fourth-order valence-corrected chi connectivity index (χ4v) is 2.62. The summed E-state index contributed by atoms with van der Waals surface area (Å²) in [6, 6.07) is 13.2. The van der Waals surface area contributed by atoms with Gasteiger partial charge in [0, 0.05) is 45.8 Å². The van der Waals surface area contributed by atoms with Crippen molar-refractivity contribution in [3.8, 4) is 0 Å². The summed E-state index contributed by atoms with van der Waals surface area (Å²) in [5.74, 6) is -0.340. The molecule has 3 rings (SSSR count). The Balaban J connectivity index is 1.83. The molecule has 0 aliphatic heterocycles. The maximum atomic E-state index is 12.7. The van der Waals surface area contributed by atoms with Gasteiger partial charge in [0.1, 0.15) is 11.2 Å². The molecule has 6 heteroatoms. The van der Waals surface area contributed by atoms with Gasteiger partial charge in [-0.15, -0.1) is 0 Å². The number of carbonyl (C=O) groups excluding carboxylic acids is 1. The summed E-state index contributed by atoms with van der Waals surface area (Å²) in [5.41, 5.74) is 2.32. The van der Waals surface area contributed by atoms with E-state index in [1.54, 1.807) is 31.4 Å². The van der Waals surface area contributed by atoms with Crippen LogP contribution < -0.4 is 10.5 Å². The number of benzene rings is 1. The molecule has 2 aromatic heterocycles. The maximum absolute atomic E-state index is 12.7. The molecule has 0 radical (unpaired) electrons. The van der Waals surface area contributed by atoms with E-state index in [0.717, 1.165) is 11.3 Å². The smallest absolute Gasteiger partial charge is 0.270 e. The Morgan fingerprint density at radius 1 is 1.08 bits per heavy atom. The lowest BCUT2D eigenvalue weighted by molar-refractivity contribution is 0.0782. The first-order valence-corrected chi connectivity index (χ1v) is 7.95. The van der Waals surface area contributed by atoms with Gasteiger partial charge in [-0.25, -0.2) is 4.98 Å². The molecule has 0 saturated heterocycles. The lowest BCUT2D eigenvalue weighted by Gasteiger charge is -2.18. The molecular weight excluding hydrogens is 316 g/mol. The van der Waals surface area contributed by atoms with Gasteiger partial charge in [-0.2, -0.15) is 0 Å². The average Bonchev–Trinajstić information content (AvgIpc) is 2.62. The summed E-state index contributed by atoms with van der Waals surface area (Å²) in [7, 11) is 5.64. The van der Waals surface area contributed by atoms with Crippen LogP contribution in [-0.4, -0.2) is 41.3 Å². The highest BCUT2D eigenvalue weighted by molar-refractivity contribution is 5.93. The first-order chi connectivity index (χ1) is 12.0. The standard InChI is InChI=1S/C19H20N4O2/c1-21(2)15-9-7-14(8-10-15)13-22(3)18(24)16-12-20-17-6-4-5-11-23(17)19(16)25/h4-12H,13H2,1-3H3. The van der Waals surface area contributed by atoms with Crippen molar-refractivity contribution in [3.05, 3.63) is 76.3 Å². The van der Waals surface area contributed by atoms with Crippen LogP contribution in [0.2, 0.25) is 0 Å². The summed E-state index contributed by atoms with van der Waals surface area (Å²) in [4.78, 5) is 32.9. The van der Waals surface area contributed by atoms with E-state index in [4.69, 9.17) is 0 Å². The number of nitrogens with zero attached hydrogens (tertiary/aromatic N) is 4. The Kier molecular flexibility index (Phi) is 4.52. The lowest BCUT2D eigenvalue weighted by atomic mass is 10.2. The first kappa shape index (κ1) is 16.7. The molecule has 25 heavy (non-hydrogen) atoms. The highest BCUT2D eigenvalue weighted by Gasteiger charge is 2.17. The molecule has 1 aromatic carbocycles. The van der Waals surface area contributed by atoms with Gasteiger partial charge in [-0.1, -0.05) is 18.2 Å². The van der Waals surface area contributed by atoms with Crippen LogP contribution in [0.4, 0.5) is 5.69 Å². The molecule has 0 unspecified atom stereocenters. The van der Waals surface area contributed by atoms with Gasteiger partial charge in [0.05, 0.1) is 0 Å². The van der Waals surface area contributed by atoms with Gasteiger partial charge in [0.25, 0.3) is 11.5 Å². The van der Waals surface area contributed by atoms with Gasteiger partial charge in [0.15, 0.2) is 0 Å². The number of aromatic nitrogens is 2. The highest BCUT2D eigenvalue weighted by atomic mass is 16.2. The van der Waals surface area contributed by atoms with E-state index in [-0.39, 0.29) is 17.0 Å². The van der Waals surface area contributed by atoms with Gasteiger partial charge < -0.3 is 9.80 Å². The van der Waals surface area contributed by atoms with Crippen molar-refractivity contribution in [3.63, 3.8) is 0 Å². The van der Waals surface area contributed by atoms with Crippen LogP contribution in [0.25, 0.3) is 5.65 Å². The second kappa shape index (κ2) is 6.76. The Morgan fingerprint density at radius 3 is 2.48 bits per heavy atom. The fraction of sp³-hybridized carbons (Fsp3) is 0.211. The van der Waals surface area contributed by atoms with Crippen LogP contribution in [-0.2, 0) is 6.54 Å². The SMILES string of the molecule is CN(Cc1ccc(N(C)C)cc1)C(=O)c1cnc2ccccn2c1=O. The summed E-state index contributed by atoms with van der Waals surface area (Å²) in [6.07, 6.45) is 2.97. The van der Waals surface area contributed by atoms with Crippen LogP contribution >= 0.6 is 0 Å². The van der Waals surface area contributed by atoms with Crippen LogP contribution in [0.5, 0.6) is 0 Å². The number of fused-ring (bicyclic) bond motifs is 1. The van der Waals surface area contributed by atoms with Crippen LogP contribution in [0.15, 0.2) is 59.7 Å². The number of anilines is 1. The molecule has 0 aliphatic carbocycles. The second-order valence-electron chi connectivity index (χ2n) is 6.13. The van der Waals surface area contributed by atoms with E-state index in [9.17, 15) is 9.59 Å². The fourth-order valence-electron chi connectivity index (χ4n) is 2.62. The number of hydrogen-bond donors (Lipinski definition) is 0. The summed E-state index contributed by atoms with van der Waals surface area (Å²) in [5, 5.41) is 0. The van der Waals surface area contributed by atoms with Crippen LogP contribution in [0.1, 0.15) is 15.9 Å². The second-order valence-corrected chi connectivity index (χ2v) is 6.13. The van der Waals surface area contributed by atoms with Crippen LogP contribution in [0.3, 0.4) is 0 Å². The molecule has 0 spiro atoms. The molecule has 2 heterocycles. The van der Waals surface area contributed by atoms with Crippen molar-refractivity contribution in [1.29, 1.82) is 0 Å². The predicted octanol–water partition coefficient (Wildman–Crippen LogP) is 2.03. The molecule has 128 valence electrons. The topological polar surface area (TPSA) is 57.9 Å². The number of pyridine rings is 1. The zero-order valence-corrected chi connectivity index (χ0v) is 14.5. The number of rotatable bonds is 4. The maximum Gasteiger partial charge on any atom is 0.270 e. The lowest BCUT2D eigenvalue weighted by Crippen LogP contribution is -2.33. The third kappa shape index (κ3) is 3.38. The minimum Gasteiger partial charge on any atom is -0.378 e. The zero-order valence-electron chi connectivity index (χ0n) is 14.5. The number of amides is 1. The van der Waals surface area contributed by atoms with Crippen molar-refractivity contribution in [1.82, 2.24) is 14.3 Å². The van der Waals surface area contributed by atoms with E-state index in [1.165, 1.54) is 15.5 Å². The Bertz CT molecular complexity index is 961. The predicted molar refractivity (Wildman–Crippen MR) is 98.0 cm³/mol. The highest BCUT2D eigenvalue weighted by Crippen LogP contribution is 2.14. The van der Waals surface area contributed by atoms with Gasteiger partial charge in [-0.3, -0.25) is 14.0 Å². The zero-order chi connectivity index (χ0) is 18.0. The summed E-state index contributed by atoms with van der Waals surface area (Å²) >= 11 is 0. The third-order valence-corrected chi connectivity index (χ3v) is 4.06. The molecule has 0 aliphatic rings. The molecule has 0 N–H and O–H groups in total. The van der Waals surface area contributed by atoms with Crippen molar-refractivity contribution in [2.45, 2.75) is 6.54 Å². The number of carbonyl (C=O) groups is 1. The van der Waals surface area contributed by atoms with Gasteiger partial charge in [-0.05, 0) is 29.8 Å². The van der Waals surface area contributed by atoms with Crippen molar-refractivity contribution < 1.29 is 4.79 Å². The minimum atomic E-state index is -0.356. The van der Waals surface area contributed by atoms with Crippen LogP contribution in [0, 0.1) is 0 Å². The summed E-state index contributed by atoms with van der Waals surface area (Å²) < 4.78 is 1.38.